The van der Waals surface area contributed by atoms with Crippen molar-refractivity contribution in [2.24, 2.45) is 0 Å². The van der Waals surface area contributed by atoms with Crippen molar-refractivity contribution in [3.8, 4) is 0 Å². The Kier molecular flexibility index (Phi) is 7.23. The number of likely N-dealkylation sites (N-methyl/N-ethyl adjacent to an activating group) is 2. The molecule has 1 atom stereocenters. The lowest BCUT2D eigenvalue weighted by atomic mass is 10.2. The van der Waals surface area contributed by atoms with Crippen LogP contribution >= 0.6 is 0 Å². The van der Waals surface area contributed by atoms with E-state index < -0.39 is 0 Å². The number of ether oxygens (including phenoxy) is 1. The second-order valence-corrected chi connectivity index (χ2v) is 4.77. The number of carbonyl (C=O) groups excluding carboxylic acids is 1. The number of carbonyl (C=O) groups is 1. The van der Waals surface area contributed by atoms with Crippen molar-refractivity contribution in [2.45, 2.75) is 26.4 Å². The van der Waals surface area contributed by atoms with Crippen molar-refractivity contribution in [3.05, 3.63) is 0 Å². The molecule has 0 bridgehead atoms. The molecule has 5 nitrogen and oxygen atoms in total. The Bertz CT molecular complexity index is 248. The monoisotopic (exact) mass is 257 g/mol. The van der Waals surface area contributed by atoms with Gasteiger partial charge in [0.05, 0.1) is 12.7 Å². The van der Waals surface area contributed by atoms with Crippen molar-refractivity contribution in [1.29, 1.82) is 0 Å². The maximum Gasteiger partial charge on any atom is 0.222 e. The van der Waals surface area contributed by atoms with Crippen LogP contribution in [0.3, 0.4) is 0 Å². The number of hydrogen-bond acceptors (Lipinski definition) is 4. The van der Waals surface area contributed by atoms with E-state index in [1.807, 2.05) is 14.0 Å². The van der Waals surface area contributed by atoms with Crippen molar-refractivity contribution in [2.75, 3.05) is 52.9 Å². The van der Waals surface area contributed by atoms with E-state index in [1.54, 1.807) is 4.90 Å². The maximum atomic E-state index is 11.5. The second kappa shape index (κ2) is 8.45. The molecule has 5 heteroatoms. The average molecular weight is 257 g/mol. The van der Waals surface area contributed by atoms with Crippen LogP contribution < -0.4 is 5.32 Å². The number of rotatable bonds is 7. The third-order valence-electron chi connectivity index (χ3n) is 3.28. The molecule has 0 spiro atoms. The third-order valence-corrected chi connectivity index (χ3v) is 3.28. The van der Waals surface area contributed by atoms with Gasteiger partial charge < -0.3 is 15.0 Å². The van der Waals surface area contributed by atoms with E-state index in [4.69, 9.17) is 4.74 Å². The zero-order valence-electron chi connectivity index (χ0n) is 11.9. The Morgan fingerprint density at radius 1 is 1.50 bits per heavy atom. The highest BCUT2D eigenvalue weighted by Gasteiger charge is 2.22. The summed E-state index contributed by atoms with van der Waals surface area (Å²) in [5, 5.41) is 3.33. The van der Waals surface area contributed by atoms with Crippen molar-refractivity contribution in [3.63, 3.8) is 0 Å². The largest absolute Gasteiger partial charge is 0.374 e. The number of hydrogen-bond donors (Lipinski definition) is 1. The van der Waals surface area contributed by atoms with Gasteiger partial charge in [-0.2, -0.15) is 0 Å². The SMILES string of the molecule is CCNCCN1CCO[C@H](CN(C)C(=O)CC)C1. The molecule has 0 aliphatic carbocycles. The van der Waals surface area contributed by atoms with Gasteiger partial charge in [0.25, 0.3) is 0 Å². The zero-order chi connectivity index (χ0) is 13.4. The fourth-order valence-corrected chi connectivity index (χ4v) is 2.19. The van der Waals surface area contributed by atoms with Gasteiger partial charge in [-0.1, -0.05) is 13.8 Å². The van der Waals surface area contributed by atoms with E-state index in [0.29, 0.717) is 13.0 Å². The summed E-state index contributed by atoms with van der Waals surface area (Å²) in [6, 6.07) is 0. The van der Waals surface area contributed by atoms with Gasteiger partial charge in [-0.15, -0.1) is 0 Å². The van der Waals surface area contributed by atoms with Gasteiger partial charge in [0, 0.05) is 46.2 Å². The zero-order valence-corrected chi connectivity index (χ0v) is 11.9. The highest BCUT2D eigenvalue weighted by atomic mass is 16.5. The maximum absolute atomic E-state index is 11.5. The Labute approximate surface area is 110 Å². The Hall–Kier alpha value is -0.650. The molecule has 1 aliphatic rings. The van der Waals surface area contributed by atoms with Gasteiger partial charge >= 0.3 is 0 Å². The first-order valence-corrected chi connectivity index (χ1v) is 6.96. The van der Waals surface area contributed by atoms with Gasteiger partial charge in [0.2, 0.25) is 5.91 Å². The summed E-state index contributed by atoms with van der Waals surface area (Å²) in [5.74, 6) is 0.184. The number of nitrogens with zero attached hydrogens (tertiary/aromatic N) is 2. The minimum absolute atomic E-state index is 0.154. The summed E-state index contributed by atoms with van der Waals surface area (Å²) in [5.41, 5.74) is 0. The summed E-state index contributed by atoms with van der Waals surface area (Å²) >= 11 is 0. The highest BCUT2D eigenvalue weighted by molar-refractivity contribution is 5.75. The molecule has 0 aromatic rings. The molecule has 1 N–H and O–H groups in total. The third kappa shape index (κ3) is 5.33. The molecule has 0 unspecified atom stereocenters. The van der Waals surface area contributed by atoms with Gasteiger partial charge in [-0.25, -0.2) is 0 Å². The second-order valence-electron chi connectivity index (χ2n) is 4.77. The summed E-state index contributed by atoms with van der Waals surface area (Å²) in [6.07, 6.45) is 0.716. The first-order valence-electron chi connectivity index (χ1n) is 6.96. The quantitative estimate of drug-likeness (QED) is 0.660. The normalized spacial score (nSPS) is 20.9. The van der Waals surface area contributed by atoms with Crippen LogP contribution in [0.15, 0.2) is 0 Å². The summed E-state index contributed by atoms with van der Waals surface area (Å²) < 4.78 is 5.72. The predicted octanol–water partition coefficient (Wildman–Crippen LogP) is 0.165. The molecular weight excluding hydrogens is 230 g/mol. The first-order chi connectivity index (χ1) is 8.67. The molecule has 1 saturated heterocycles. The van der Waals surface area contributed by atoms with Crippen molar-refractivity contribution in [1.82, 2.24) is 15.1 Å². The van der Waals surface area contributed by atoms with Crippen LogP contribution in [-0.2, 0) is 9.53 Å². The average Bonchev–Trinajstić information content (AvgIpc) is 2.38. The number of morpholine rings is 1. The summed E-state index contributed by atoms with van der Waals surface area (Å²) in [7, 11) is 1.85. The highest BCUT2D eigenvalue weighted by Crippen LogP contribution is 2.06. The fraction of sp³-hybridized carbons (Fsp3) is 0.923. The standard InChI is InChI=1S/C13H27N3O2/c1-4-13(17)15(3)10-12-11-16(8-9-18-12)7-6-14-5-2/h12,14H,4-11H2,1-3H3/t12-/m1/s1. The van der Waals surface area contributed by atoms with E-state index in [-0.39, 0.29) is 12.0 Å². The predicted molar refractivity (Wildman–Crippen MR) is 72.7 cm³/mol. The minimum Gasteiger partial charge on any atom is -0.374 e. The molecule has 1 fully saturated rings. The molecule has 0 saturated carbocycles. The molecule has 1 rings (SSSR count). The Morgan fingerprint density at radius 2 is 2.28 bits per heavy atom. The lowest BCUT2D eigenvalue weighted by molar-refractivity contribution is -0.132. The smallest absolute Gasteiger partial charge is 0.222 e. The molecule has 1 aliphatic heterocycles. The molecular formula is C13H27N3O2. The van der Waals surface area contributed by atoms with E-state index in [1.165, 1.54) is 0 Å². The Balaban J connectivity index is 2.27. The van der Waals surface area contributed by atoms with Crippen LogP contribution in [0.1, 0.15) is 20.3 Å². The van der Waals surface area contributed by atoms with Gasteiger partial charge in [-0.3, -0.25) is 9.69 Å². The van der Waals surface area contributed by atoms with Gasteiger partial charge in [-0.05, 0) is 6.54 Å². The van der Waals surface area contributed by atoms with Crippen LogP contribution in [0.4, 0.5) is 0 Å². The van der Waals surface area contributed by atoms with E-state index in [9.17, 15) is 4.79 Å². The first kappa shape index (κ1) is 15.4. The summed E-state index contributed by atoms with van der Waals surface area (Å²) in [6.45, 7) is 10.5. The summed E-state index contributed by atoms with van der Waals surface area (Å²) in [4.78, 5) is 15.7. The van der Waals surface area contributed by atoms with Crippen LogP contribution in [0.2, 0.25) is 0 Å². The lowest BCUT2D eigenvalue weighted by Gasteiger charge is -2.34. The van der Waals surface area contributed by atoms with E-state index >= 15 is 0 Å². The molecule has 0 aromatic carbocycles. The van der Waals surface area contributed by atoms with Crippen LogP contribution in [-0.4, -0.2) is 74.7 Å². The Morgan fingerprint density at radius 3 is 2.94 bits per heavy atom. The molecule has 0 radical (unpaired) electrons. The molecule has 0 aromatic heterocycles. The van der Waals surface area contributed by atoms with Crippen LogP contribution in [0.5, 0.6) is 0 Å². The fourth-order valence-electron chi connectivity index (χ4n) is 2.19. The van der Waals surface area contributed by atoms with Crippen molar-refractivity contribution < 1.29 is 9.53 Å². The lowest BCUT2D eigenvalue weighted by Crippen LogP contribution is -2.49. The minimum atomic E-state index is 0.154. The van der Waals surface area contributed by atoms with Crippen LogP contribution in [0.25, 0.3) is 0 Å². The van der Waals surface area contributed by atoms with Crippen LogP contribution in [0, 0.1) is 0 Å². The number of amides is 1. The molecule has 1 heterocycles. The molecule has 18 heavy (non-hydrogen) atoms. The number of nitrogens with one attached hydrogen (secondary N) is 1. The van der Waals surface area contributed by atoms with Gasteiger partial charge in [0.15, 0.2) is 0 Å². The molecule has 106 valence electrons. The molecule has 1 amide bonds. The van der Waals surface area contributed by atoms with Crippen molar-refractivity contribution >= 4 is 5.91 Å². The van der Waals surface area contributed by atoms with E-state index in [2.05, 4.69) is 17.1 Å². The topological polar surface area (TPSA) is 44.8 Å². The van der Waals surface area contributed by atoms with E-state index in [0.717, 1.165) is 39.3 Å². The van der Waals surface area contributed by atoms with Gasteiger partial charge in [0.1, 0.15) is 0 Å².